The number of aromatic nitrogens is 1. The van der Waals surface area contributed by atoms with Crippen molar-refractivity contribution in [2.45, 2.75) is 37.2 Å². The molecule has 0 spiro atoms. The summed E-state index contributed by atoms with van der Waals surface area (Å²) in [5.74, 6) is -0.957. The molecule has 0 saturated heterocycles. The highest BCUT2D eigenvalue weighted by atomic mass is 79.9. The minimum absolute atomic E-state index is 0.0501. The number of hydrogen-bond acceptors (Lipinski definition) is 6. The Bertz CT molecular complexity index is 1390. The highest BCUT2D eigenvalue weighted by Gasteiger charge is 2.35. The van der Waals surface area contributed by atoms with Gasteiger partial charge in [-0.15, -0.1) is 0 Å². The fourth-order valence-electron chi connectivity index (χ4n) is 3.34. The summed E-state index contributed by atoms with van der Waals surface area (Å²) in [4.78, 5) is 29.7. The molecule has 4 rings (SSSR count). The number of thiazole rings is 1. The number of carbonyl (C=O) groups is 2. The van der Waals surface area contributed by atoms with Gasteiger partial charge in [0.25, 0.3) is 5.91 Å². The number of sulfonamides is 1. The Morgan fingerprint density at radius 3 is 2.55 bits per heavy atom. The van der Waals surface area contributed by atoms with Gasteiger partial charge >= 0.3 is 5.97 Å². The highest BCUT2D eigenvalue weighted by Crippen LogP contribution is 2.30. The van der Waals surface area contributed by atoms with Crippen molar-refractivity contribution in [3.05, 3.63) is 57.3 Å². The molecule has 1 aliphatic carbocycles. The Labute approximate surface area is 203 Å². The van der Waals surface area contributed by atoms with Crippen LogP contribution in [0, 0.1) is 0 Å². The van der Waals surface area contributed by atoms with Crippen molar-refractivity contribution in [3.8, 4) is 0 Å². The Kier molecular flexibility index (Phi) is 6.85. The molecule has 0 aliphatic heterocycles. The van der Waals surface area contributed by atoms with Crippen LogP contribution in [0.4, 0.5) is 0 Å². The zero-order chi connectivity index (χ0) is 23.8. The van der Waals surface area contributed by atoms with Crippen LogP contribution in [-0.4, -0.2) is 48.9 Å². The minimum Gasteiger partial charge on any atom is -0.465 e. The molecule has 0 atom stereocenters. The van der Waals surface area contributed by atoms with Crippen molar-refractivity contribution in [2.24, 2.45) is 4.99 Å². The number of hydrogen-bond donors (Lipinski definition) is 0. The smallest absolute Gasteiger partial charge is 0.326 e. The second-order valence-corrected chi connectivity index (χ2v) is 11.5. The number of ether oxygens (including phenoxy) is 1. The van der Waals surface area contributed by atoms with E-state index >= 15 is 0 Å². The number of rotatable bonds is 7. The Hall–Kier alpha value is -2.34. The number of esters is 1. The van der Waals surface area contributed by atoms with E-state index in [9.17, 15) is 18.0 Å². The van der Waals surface area contributed by atoms with Gasteiger partial charge in [-0.3, -0.25) is 9.59 Å². The third-order valence-corrected chi connectivity index (χ3v) is 8.73. The molecule has 33 heavy (non-hydrogen) atoms. The van der Waals surface area contributed by atoms with E-state index < -0.39 is 21.9 Å². The fourth-order valence-corrected chi connectivity index (χ4v) is 6.34. The molecule has 0 unspecified atom stereocenters. The molecule has 1 amide bonds. The molecule has 1 aliphatic rings. The second kappa shape index (κ2) is 9.49. The molecule has 1 fully saturated rings. The van der Waals surface area contributed by atoms with Crippen LogP contribution in [0.2, 0.25) is 0 Å². The van der Waals surface area contributed by atoms with Crippen LogP contribution in [0.3, 0.4) is 0 Å². The fraction of sp³-hybridized carbons (Fsp3) is 0.318. The lowest BCUT2D eigenvalue weighted by molar-refractivity contribution is -0.143. The third-order valence-electron chi connectivity index (χ3n) is 5.27. The lowest BCUT2D eigenvalue weighted by Crippen LogP contribution is -2.28. The van der Waals surface area contributed by atoms with E-state index in [0.717, 1.165) is 27.5 Å². The summed E-state index contributed by atoms with van der Waals surface area (Å²) in [6, 6.07) is 11.4. The van der Waals surface area contributed by atoms with Crippen molar-refractivity contribution < 1.29 is 22.7 Å². The zero-order valence-corrected chi connectivity index (χ0v) is 21.2. The first-order valence-electron chi connectivity index (χ1n) is 10.3. The van der Waals surface area contributed by atoms with E-state index in [1.807, 2.05) is 18.2 Å². The maximum absolute atomic E-state index is 12.9. The van der Waals surface area contributed by atoms with Gasteiger partial charge < -0.3 is 9.30 Å². The van der Waals surface area contributed by atoms with Crippen LogP contribution in [0.15, 0.2) is 56.8 Å². The molecule has 11 heteroatoms. The van der Waals surface area contributed by atoms with Crippen molar-refractivity contribution >= 4 is 59.4 Å². The number of fused-ring (bicyclic) bond motifs is 1. The Balaban J connectivity index is 1.67. The summed E-state index contributed by atoms with van der Waals surface area (Å²) in [5.41, 5.74) is 1.01. The summed E-state index contributed by atoms with van der Waals surface area (Å²) >= 11 is 4.71. The van der Waals surface area contributed by atoms with Crippen LogP contribution < -0.4 is 4.80 Å². The van der Waals surface area contributed by atoms with E-state index in [1.54, 1.807) is 18.5 Å². The van der Waals surface area contributed by atoms with Gasteiger partial charge in [-0.05, 0) is 62.2 Å². The molecule has 1 heterocycles. The van der Waals surface area contributed by atoms with Crippen LogP contribution >= 0.6 is 27.3 Å². The topological polar surface area (TPSA) is 98.0 Å². The summed E-state index contributed by atoms with van der Waals surface area (Å²) < 4.78 is 35.2. The van der Waals surface area contributed by atoms with Crippen LogP contribution in [0.1, 0.15) is 30.1 Å². The highest BCUT2D eigenvalue weighted by molar-refractivity contribution is 9.10. The molecule has 0 bridgehead atoms. The summed E-state index contributed by atoms with van der Waals surface area (Å²) in [7, 11) is -2.02. The van der Waals surface area contributed by atoms with Crippen molar-refractivity contribution in [3.63, 3.8) is 0 Å². The second-order valence-electron chi connectivity index (χ2n) is 7.58. The largest absolute Gasteiger partial charge is 0.465 e. The number of nitrogens with zero attached hydrogens (tertiary/aromatic N) is 3. The average Bonchev–Trinajstić information content (AvgIpc) is 3.58. The van der Waals surface area contributed by atoms with Crippen molar-refractivity contribution in [2.75, 3.05) is 13.7 Å². The first kappa shape index (κ1) is 23.8. The molecule has 3 aromatic rings. The predicted octanol–water partition coefficient (Wildman–Crippen LogP) is 3.55. The quantitative estimate of drug-likeness (QED) is 0.418. The number of carbonyl (C=O) groups excluding carboxylic acids is 2. The maximum Gasteiger partial charge on any atom is 0.326 e. The maximum atomic E-state index is 12.9. The monoisotopic (exact) mass is 551 g/mol. The van der Waals surface area contributed by atoms with E-state index in [4.69, 9.17) is 4.74 Å². The van der Waals surface area contributed by atoms with Gasteiger partial charge in [-0.1, -0.05) is 27.3 Å². The predicted molar refractivity (Wildman–Crippen MR) is 128 cm³/mol. The summed E-state index contributed by atoms with van der Waals surface area (Å²) in [6.45, 7) is 1.91. The lowest BCUT2D eigenvalue weighted by Gasteiger charge is -2.16. The van der Waals surface area contributed by atoms with Gasteiger partial charge in [-0.2, -0.15) is 9.30 Å². The molecule has 0 N–H and O–H groups in total. The average molecular weight is 552 g/mol. The number of benzene rings is 2. The third kappa shape index (κ3) is 5.11. The molecular formula is C22H22BrN3O5S2. The molecule has 0 radical (unpaired) electrons. The first-order valence-corrected chi connectivity index (χ1v) is 13.4. The van der Waals surface area contributed by atoms with Crippen LogP contribution in [0.5, 0.6) is 0 Å². The minimum atomic E-state index is -3.59. The summed E-state index contributed by atoms with van der Waals surface area (Å²) in [6.07, 6.45) is 1.73. The number of halogens is 1. The normalized spacial score (nSPS) is 14.7. The SMILES string of the molecule is CCOC(=O)Cn1c(=NC(=O)c2ccc(S(=O)(=O)N(C)C3CC3)cc2)sc2cc(Br)ccc21. The van der Waals surface area contributed by atoms with E-state index in [1.165, 1.54) is 39.9 Å². The van der Waals surface area contributed by atoms with Crippen molar-refractivity contribution in [1.82, 2.24) is 8.87 Å². The molecule has 174 valence electrons. The van der Waals surface area contributed by atoms with Gasteiger partial charge in [0.2, 0.25) is 10.0 Å². The van der Waals surface area contributed by atoms with Gasteiger partial charge in [0, 0.05) is 23.1 Å². The van der Waals surface area contributed by atoms with E-state index in [0.29, 0.717) is 4.80 Å². The molecule has 1 saturated carbocycles. The Morgan fingerprint density at radius 1 is 1.21 bits per heavy atom. The zero-order valence-electron chi connectivity index (χ0n) is 18.0. The van der Waals surface area contributed by atoms with Crippen LogP contribution in [-0.2, 0) is 26.1 Å². The van der Waals surface area contributed by atoms with Crippen molar-refractivity contribution in [1.29, 1.82) is 0 Å². The van der Waals surface area contributed by atoms with Crippen LogP contribution in [0.25, 0.3) is 10.2 Å². The van der Waals surface area contributed by atoms with Gasteiger partial charge in [0.1, 0.15) is 6.54 Å². The Morgan fingerprint density at radius 2 is 1.91 bits per heavy atom. The number of amides is 1. The molecular weight excluding hydrogens is 530 g/mol. The van der Waals surface area contributed by atoms with Gasteiger partial charge in [-0.25, -0.2) is 8.42 Å². The molecule has 8 nitrogen and oxygen atoms in total. The van der Waals surface area contributed by atoms with E-state index in [-0.39, 0.29) is 29.7 Å². The molecule has 2 aromatic carbocycles. The standard InChI is InChI=1S/C22H22BrN3O5S2/c1-3-31-20(27)13-26-18-11-6-15(23)12-19(18)32-22(26)24-21(28)14-4-9-17(10-5-14)33(29,30)25(2)16-7-8-16/h4-6,9-12,16H,3,7-8,13H2,1-2H3. The molecule has 1 aromatic heterocycles. The first-order chi connectivity index (χ1) is 15.7. The van der Waals surface area contributed by atoms with Gasteiger partial charge in [0.05, 0.1) is 21.7 Å². The van der Waals surface area contributed by atoms with E-state index in [2.05, 4.69) is 20.9 Å². The lowest BCUT2D eigenvalue weighted by atomic mass is 10.2. The summed E-state index contributed by atoms with van der Waals surface area (Å²) in [5, 5.41) is 0. The van der Waals surface area contributed by atoms with Gasteiger partial charge in [0.15, 0.2) is 4.80 Å².